The Morgan fingerprint density at radius 1 is 1.27 bits per heavy atom. The van der Waals surface area contributed by atoms with Gasteiger partial charge in [-0.1, -0.05) is 0 Å². The molecule has 0 radical (unpaired) electrons. The zero-order valence-corrected chi connectivity index (χ0v) is 4.97. The summed E-state index contributed by atoms with van der Waals surface area (Å²) in [6.07, 6.45) is -2.31. The Hall–Kier alpha value is 0.396. The molecule has 0 saturated heterocycles. The zero-order chi connectivity index (χ0) is 8.15. The summed E-state index contributed by atoms with van der Waals surface area (Å²) in [6.45, 7) is -0.549. The van der Waals surface area contributed by atoms with E-state index in [2.05, 4.69) is 0 Å². The molecule has 0 bridgehead atoms. The van der Waals surface area contributed by atoms with Gasteiger partial charge in [-0.15, -0.1) is 0 Å². The van der Waals surface area contributed by atoms with Gasteiger partial charge in [0.15, 0.2) is 0 Å². The second-order valence-electron chi connectivity index (χ2n) is 1.56. The summed E-state index contributed by atoms with van der Waals surface area (Å²) < 4.78 is 0. The Morgan fingerprint density at radius 2 is 1.64 bits per heavy atom. The number of aliphatic hydroxyl groups excluding tert-OH is 1. The number of nitrogens with zero attached hydrogens (tertiary/aromatic N) is 2. The molecule has 0 aromatic rings. The van der Waals surface area contributed by atoms with Gasteiger partial charge in [-0.25, -0.2) is 0 Å². The van der Waals surface area contributed by atoms with Crippen LogP contribution in [0, 0.1) is 20.2 Å². The summed E-state index contributed by atoms with van der Waals surface area (Å²) in [6, 6.07) is 0. The third kappa shape index (κ3) is 5.64. The fourth-order valence-electron chi connectivity index (χ4n) is 0.403. The predicted octanol–water partition coefficient (Wildman–Crippen LogP) is -1.40. The molecule has 0 aliphatic rings. The van der Waals surface area contributed by atoms with E-state index in [1.165, 1.54) is 0 Å². The number of hydrogen-bond donors (Lipinski definition) is 1. The minimum atomic E-state index is -1.87. The van der Waals surface area contributed by atoms with E-state index in [1.807, 2.05) is 0 Å². The van der Waals surface area contributed by atoms with Crippen molar-refractivity contribution >= 4 is 51.4 Å². The Labute approximate surface area is 104 Å². The number of rotatable bonds is 4. The van der Waals surface area contributed by atoms with Crippen LogP contribution in [-0.4, -0.2) is 79.1 Å². The van der Waals surface area contributed by atoms with Crippen LogP contribution in [0.4, 0.5) is 0 Å². The molecule has 0 spiro atoms. The van der Waals surface area contributed by atoms with Gasteiger partial charge in [-0.2, -0.15) is 0 Å². The molecule has 0 fully saturated rings. The maximum absolute atomic E-state index is 9.78. The molecule has 0 atom stereocenters. The minimum absolute atomic E-state index is 0. The van der Waals surface area contributed by atoms with Crippen LogP contribution in [0.25, 0.3) is 0 Å². The van der Waals surface area contributed by atoms with Crippen LogP contribution in [0.2, 0.25) is 0 Å². The van der Waals surface area contributed by atoms with Crippen molar-refractivity contribution in [3.63, 3.8) is 0 Å². The second-order valence-corrected chi connectivity index (χ2v) is 1.56. The average molecular weight is 190 g/mol. The van der Waals surface area contributed by atoms with Crippen molar-refractivity contribution in [2.75, 3.05) is 6.61 Å². The standard InChI is InChI=1S/C3H6N2O5.K.H/c6-2-1-3(4(7)8)5(9)10;;/h3,6H,1-2H2;;. The number of hydrogen-bond acceptors (Lipinski definition) is 5. The summed E-state index contributed by atoms with van der Waals surface area (Å²) in [5, 5.41) is 27.7. The molecule has 0 aliphatic carbocycles. The molecule has 0 unspecified atom stereocenters. The molecule has 11 heavy (non-hydrogen) atoms. The van der Waals surface area contributed by atoms with E-state index >= 15 is 0 Å². The molecular formula is C3H7KN2O5. The quantitative estimate of drug-likeness (QED) is 0.254. The van der Waals surface area contributed by atoms with E-state index in [1.54, 1.807) is 0 Å². The van der Waals surface area contributed by atoms with Gasteiger partial charge in [0.2, 0.25) is 0 Å². The van der Waals surface area contributed by atoms with Crippen molar-refractivity contribution in [1.82, 2.24) is 0 Å². The molecule has 7 nitrogen and oxygen atoms in total. The van der Waals surface area contributed by atoms with Crippen molar-refractivity contribution in [2.24, 2.45) is 0 Å². The maximum atomic E-state index is 9.78. The van der Waals surface area contributed by atoms with Gasteiger partial charge in [0.1, 0.15) is 6.42 Å². The number of nitro groups is 2. The summed E-state index contributed by atoms with van der Waals surface area (Å²) in [5.74, 6) is 0. The van der Waals surface area contributed by atoms with E-state index in [9.17, 15) is 20.2 Å². The molecule has 60 valence electrons. The molecule has 0 aromatic carbocycles. The predicted molar refractivity (Wildman–Crippen MR) is 36.6 cm³/mol. The Morgan fingerprint density at radius 3 is 1.73 bits per heavy atom. The van der Waals surface area contributed by atoms with Crippen molar-refractivity contribution < 1.29 is 15.0 Å². The fourth-order valence-corrected chi connectivity index (χ4v) is 0.403. The summed E-state index contributed by atoms with van der Waals surface area (Å²) >= 11 is 0. The Balaban J connectivity index is 0. The van der Waals surface area contributed by atoms with E-state index in [0.717, 1.165) is 0 Å². The first-order valence-electron chi connectivity index (χ1n) is 2.47. The van der Waals surface area contributed by atoms with Crippen molar-refractivity contribution in [1.29, 1.82) is 0 Å². The van der Waals surface area contributed by atoms with Gasteiger partial charge in [-0.05, 0) is 0 Å². The first kappa shape index (κ1) is 14.0. The van der Waals surface area contributed by atoms with Gasteiger partial charge in [0, 0.05) is 0 Å². The van der Waals surface area contributed by atoms with Crippen molar-refractivity contribution in [3.05, 3.63) is 20.2 Å². The SMILES string of the molecule is O=[N+]([O-])C(CCO)[N+](=O)[O-].[KH]. The van der Waals surface area contributed by atoms with E-state index in [-0.39, 0.29) is 51.4 Å². The third-order valence-electron chi connectivity index (χ3n) is 0.874. The van der Waals surface area contributed by atoms with Gasteiger partial charge in [-0.3, -0.25) is 20.2 Å². The van der Waals surface area contributed by atoms with E-state index < -0.39 is 29.0 Å². The normalized spacial score (nSPS) is 8.91. The first-order valence-corrected chi connectivity index (χ1v) is 2.47. The third-order valence-corrected chi connectivity index (χ3v) is 0.874. The molecule has 0 aromatic heterocycles. The summed E-state index contributed by atoms with van der Waals surface area (Å²) in [4.78, 5) is 17.5. The molecule has 0 rings (SSSR count). The van der Waals surface area contributed by atoms with Crippen LogP contribution >= 0.6 is 0 Å². The summed E-state index contributed by atoms with van der Waals surface area (Å²) in [5.41, 5.74) is 0. The van der Waals surface area contributed by atoms with E-state index in [0.29, 0.717) is 0 Å². The van der Waals surface area contributed by atoms with Crippen LogP contribution in [0.5, 0.6) is 0 Å². The molecule has 1 N–H and O–H groups in total. The molecule has 8 heteroatoms. The fraction of sp³-hybridized carbons (Fsp3) is 1.00. The Bertz CT molecular complexity index is 137. The van der Waals surface area contributed by atoms with Crippen LogP contribution in [0.15, 0.2) is 0 Å². The van der Waals surface area contributed by atoms with Crippen molar-refractivity contribution in [3.8, 4) is 0 Å². The van der Waals surface area contributed by atoms with E-state index in [4.69, 9.17) is 5.11 Å². The van der Waals surface area contributed by atoms with Gasteiger partial charge in [0.05, 0.1) is 16.5 Å². The van der Waals surface area contributed by atoms with Crippen LogP contribution in [-0.2, 0) is 0 Å². The second kappa shape index (κ2) is 7.07. The van der Waals surface area contributed by atoms with Gasteiger partial charge >= 0.3 is 57.6 Å². The molecule has 0 saturated carbocycles. The van der Waals surface area contributed by atoms with Gasteiger partial charge in [0.25, 0.3) is 0 Å². The topological polar surface area (TPSA) is 107 Å². The average Bonchev–Trinajstić information content (AvgIpc) is 1.81. The number of aliphatic hydroxyl groups is 1. The monoisotopic (exact) mass is 190 g/mol. The molecule has 0 heterocycles. The van der Waals surface area contributed by atoms with Gasteiger partial charge < -0.3 is 5.11 Å². The summed E-state index contributed by atoms with van der Waals surface area (Å²) in [7, 11) is 0. The molecule has 0 aliphatic heterocycles. The first-order chi connectivity index (χ1) is 4.59. The molecular weight excluding hydrogens is 183 g/mol. The van der Waals surface area contributed by atoms with Crippen molar-refractivity contribution in [2.45, 2.75) is 12.6 Å². The van der Waals surface area contributed by atoms with Crippen LogP contribution in [0.1, 0.15) is 6.42 Å². The molecule has 0 amide bonds. The van der Waals surface area contributed by atoms with Crippen LogP contribution in [0.3, 0.4) is 0 Å². The Kier molecular flexibility index (Phi) is 8.96. The van der Waals surface area contributed by atoms with Crippen LogP contribution < -0.4 is 0 Å². The zero-order valence-electron chi connectivity index (χ0n) is 4.97.